The number of aromatic nitrogens is 5. The van der Waals surface area contributed by atoms with Crippen LogP contribution < -0.4 is 5.32 Å². The van der Waals surface area contributed by atoms with Gasteiger partial charge in [0.2, 0.25) is 0 Å². The van der Waals surface area contributed by atoms with E-state index >= 15 is 0 Å². The standard InChI is InChI=1S/C22H19N7O2/c23-8-15-7-16(10-24-9-15)20-27-21(25-6-5-14-1-3-18(30)4-2-14)19-22(28-20)29(13-26-19)17-11-31-12-17/h1-4,7,9-10,13,17,30H,5-6,11-12H2,(H,25,27,28). The van der Waals surface area contributed by atoms with Crippen LogP contribution in [-0.2, 0) is 11.2 Å². The molecule has 154 valence electrons. The Hall–Kier alpha value is -4.03. The Morgan fingerprint density at radius 2 is 2.03 bits per heavy atom. The van der Waals surface area contributed by atoms with Gasteiger partial charge in [-0.25, -0.2) is 15.0 Å². The highest BCUT2D eigenvalue weighted by Gasteiger charge is 2.24. The van der Waals surface area contributed by atoms with Crippen LogP contribution in [0.3, 0.4) is 0 Å². The first-order chi connectivity index (χ1) is 15.2. The molecular formula is C22H19N7O2. The maximum Gasteiger partial charge on any atom is 0.166 e. The molecule has 31 heavy (non-hydrogen) atoms. The lowest BCUT2D eigenvalue weighted by Crippen LogP contribution is -2.30. The minimum Gasteiger partial charge on any atom is -0.508 e. The molecule has 0 unspecified atom stereocenters. The first-order valence-corrected chi connectivity index (χ1v) is 9.91. The second kappa shape index (κ2) is 8.01. The van der Waals surface area contributed by atoms with Crippen molar-refractivity contribution in [3.05, 3.63) is 60.2 Å². The fourth-order valence-electron chi connectivity index (χ4n) is 3.43. The zero-order valence-electron chi connectivity index (χ0n) is 16.6. The van der Waals surface area contributed by atoms with E-state index in [-0.39, 0.29) is 11.8 Å². The van der Waals surface area contributed by atoms with Gasteiger partial charge in [-0.15, -0.1) is 0 Å². The van der Waals surface area contributed by atoms with Gasteiger partial charge in [-0.2, -0.15) is 5.26 Å². The van der Waals surface area contributed by atoms with E-state index in [1.165, 1.54) is 6.20 Å². The summed E-state index contributed by atoms with van der Waals surface area (Å²) >= 11 is 0. The smallest absolute Gasteiger partial charge is 0.166 e. The van der Waals surface area contributed by atoms with Crippen molar-refractivity contribution in [3.63, 3.8) is 0 Å². The van der Waals surface area contributed by atoms with E-state index in [1.54, 1.807) is 30.7 Å². The number of nitrogens with zero attached hydrogens (tertiary/aromatic N) is 6. The third-order valence-corrected chi connectivity index (χ3v) is 5.20. The van der Waals surface area contributed by atoms with Gasteiger partial charge in [-0.1, -0.05) is 12.1 Å². The number of rotatable bonds is 6. The number of aromatic hydroxyl groups is 1. The predicted molar refractivity (Wildman–Crippen MR) is 113 cm³/mol. The molecule has 9 nitrogen and oxygen atoms in total. The van der Waals surface area contributed by atoms with Gasteiger partial charge in [0.1, 0.15) is 17.3 Å². The zero-order valence-corrected chi connectivity index (χ0v) is 16.6. The maximum atomic E-state index is 9.45. The van der Waals surface area contributed by atoms with Crippen LogP contribution in [-0.4, -0.2) is 49.4 Å². The van der Waals surface area contributed by atoms with E-state index in [2.05, 4.69) is 26.3 Å². The first kappa shape index (κ1) is 19.0. The molecule has 0 saturated carbocycles. The molecule has 0 bridgehead atoms. The number of pyridine rings is 1. The lowest BCUT2D eigenvalue weighted by atomic mass is 10.1. The number of benzene rings is 1. The summed E-state index contributed by atoms with van der Waals surface area (Å²) in [4.78, 5) is 18.1. The molecule has 0 amide bonds. The summed E-state index contributed by atoms with van der Waals surface area (Å²) in [5.74, 6) is 1.35. The molecule has 5 rings (SSSR count). The van der Waals surface area contributed by atoms with Gasteiger partial charge in [0.25, 0.3) is 0 Å². The Balaban J connectivity index is 1.50. The summed E-state index contributed by atoms with van der Waals surface area (Å²) in [5, 5.41) is 22.0. The molecular weight excluding hydrogens is 394 g/mol. The highest BCUT2D eigenvalue weighted by Crippen LogP contribution is 2.28. The minimum absolute atomic E-state index is 0.196. The first-order valence-electron chi connectivity index (χ1n) is 9.91. The average Bonchev–Trinajstić information content (AvgIpc) is 3.17. The Bertz CT molecular complexity index is 1270. The van der Waals surface area contributed by atoms with Crippen LogP contribution in [0.5, 0.6) is 5.75 Å². The second-order valence-electron chi connectivity index (χ2n) is 7.33. The van der Waals surface area contributed by atoms with Crippen molar-refractivity contribution >= 4 is 17.0 Å². The number of hydrogen-bond donors (Lipinski definition) is 2. The van der Waals surface area contributed by atoms with Crippen molar-refractivity contribution in [2.45, 2.75) is 12.5 Å². The molecule has 4 heterocycles. The third-order valence-electron chi connectivity index (χ3n) is 5.20. The van der Waals surface area contributed by atoms with Gasteiger partial charge in [0.05, 0.1) is 31.1 Å². The number of imidazole rings is 1. The SMILES string of the molecule is N#Cc1cncc(-c2nc(NCCc3ccc(O)cc3)c3ncn(C4COC4)c3n2)c1. The molecule has 1 aromatic carbocycles. The normalized spacial score (nSPS) is 13.6. The largest absolute Gasteiger partial charge is 0.508 e. The van der Waals surface area contributed by atoms with Crippen LogP contribution in [0.2, 0.25) is 0 Å². The van der Waals surface area contributed by atoms with E-state index in [0.29, 0.717) is 53.7 Å². The molecule has 1 saturated heterocycles. The number of nitrogens with one attached hydrogen (secondary N) is 1. The molecule has 1 aliphatic rings. The van der Waals surface area contributed by atoms with Crippen molar-refractivity contribution in [1.82, 2.24) is 24.5 Å². The Morgan fingerprint density at radius 1 is 1.19 bits per heavy atom. The van der Waals surface area contributed by atoms with Crippen LogP contribution in [0, 0.1) is 11.3 Å². The van der Waals surface area contributed by atoms with Crippen LogP contribution in [0.15, 0.2) is 49.1 Å². The topological polar surface area (TPSA) is 122 Å². The molecule has 1 fully saturated rings. The van der Waals surface area contributed by atoms with Crippen molar-refractivity contribution in [1.29, 1.82) is 5.26 Å². The molecule has 2 N–H and O–H groups in total. The molecule has 0 atom stereocenters. The summed E-state index contributed by atoms with van der Waals surface area (Å²) in [7, 11) is 0. The fourth-order valence-corrected chi connectivity index (χ4v) is 3.43. The number of hydrogen-bond acceptors (Lipinski definition) is 8. The van der Waals surface area contributed by atoms with E-state index in [1.807, 2.05) is 16.7 Å². The van der Waals surface area contributed by atoms with E-state index < -0.39 is 0 Å². The second-order valence-corrected chi connectivity index (χ2v) is 7.33. The molecule has 1 aliphatic heterocycles. The average molecular weight is 413 g/mol. The lowest BCUT2D eigenvalue weighted by molar-refractivity contribution is -0.0218. The monoisotopic (exact) mass is 413 g/mol. The number of phenols is 1. The van der Waals surface area contributed by atoms with Crippen LogP contribution in [0.4, 0.5) is 5.82 Å². The molecule has 9 heteroatoms. The molecule has 3 aromatic heterocycles. The number of fused-ring (bicyclic) bond motifs is 1. The van der Waals surface area contributed by atoms with Gasteiger partial charge in [0.15, 0.2) is 17.3 Å². The van der Waals surface area contributed by atoms with Gasteiger partial charge in [-0.05, 0) is 30.2 Å². The van der Waals surface area contributed by atoms with E-state index in [4.69, 9.17) is 9.72 Å². The van der Waals surface area contributed by atoms with Gasteiger partial charge in [-0.3, -0.25) is 4.98 Å². The van der Waals surface area contributed by atoms with Crippen LogP contribution >= 0.6 is 0 Å². The van der Waals surface area contributed by atoms with Crippen molar-refractivity contribution < 1.29 is 9.84 Å². The Kier molecular flexibility index (Phi) is 4.90. The molecule has 0 spiro atoms. The Morgan fingerprint density at radius 3 is 2.77 bits per heavy atom. The molecule has 0 radical (unpaired) electrons. The summed E-state index contributed by atoms with van der Waals surface area (Å²) in [5.41, 5.74) is 3.61. The third kappa shape index (κ3) is 3.76. The van der Waals surface area contributed by atoms with Gasteiger partial charge in [0, 0.05) is 24.5 Å². The summed E-state index contributed by atoms with van der Waals surface area (Å²) in [6, 6.07) is 11.2. The van der Waals surface area contributed by atoms with E-state index in [9.17, 15) is 10.4 Å². The highest BCUT2D eigenvalue weighted by atomic mass is 16.5. The van der Waals surface area contributed by atoms with Crippen LogP contribution in [0.1, 0.15) is 17.2 Å². The van der Waals surface area contributed by atoms with Crippen molar-refractivity contribution in [2.24, 2.45) is 0 Å². The fraction of sp³-hybridized carbons (Fsp3) is 0.227. The van der Waals surface area contributed by atoms with E-state index in [0.717, 1.165) is 12.0 Å². The molecule has 4 aromatic rings. The zero-order chi connectivity index (χ0) is 21.2. The highest BCUT2D eigenvalue weighted by molar-refractivity contribution is 5.85. The van der Waals surface area contributed by atoms with Gasteiger partial charge < -0.3 is 19.7 Å². The number of phenolic OH excluding ortho intramolecular Hbond substituents is 1. The van der Waals surface area contributed by atoms with Crippen LogP contribution in [0.25, 0.3) is 22.6 Å². The number of nitriles is 1. The summed E-state index contributed by atoms with van der Waals surface area (Å²) < 4.78 is 7.34. The van der Waals surface area contributed by atoms with Gasteiger partial charge >= 0.3 is 0 Å². The summed E-state index contributed by atoms with van der Waals surface area (Å²) in [6.45, 7) is 1.88. The summed E-state index contributed by atoms with van der Waals surface area (Å²) in [6.07, 6.45) is 5.68. The number of ether oxygens (including phenoxy) is 1. The lowest BCUT2D eigenvalue weighted by Gasteiger charge is -2.27. The Labute approximate surface area is 178 Å². The quantitative estimate of drug-likeness (QED) is 0.495. The minimum atomic E-state index is 0.196. The number of anilines is 1. The predicted octanol–water partition coefficient (Wildman–Crippen LogP) is 2.69. The maximum absolute atomic E-state index is 9.45. The van der Waals surface area contributed by atoms with Crippen molar-refractivity contribution in [3.8, 4) is 23.2 Å². The van der Waals surface area contributed by atoms with Crippen molar-refractivity contribution in [2.75, 3.05) is 25.1 Å². The molecule has 0 aliphatic carbocycles.